The number of nitrogens with zero attached hydrogens (tertiary/aromatic N) is 1. The van der Waals surface area contributed by atoms with Gasteiger partial charge in [0, 0.05) is 18.6 Å². The Labute approximate surface area is 131 Å². The fourth-order valence-corrected chi connectivity index (χ4v) is 3.10. The Morgan fingerprint density at radius 2 is 2.00 bits per heavy atom. The topological polar surface area (TPSA) is 102 Å². The van der Waals surface area contributed by atoms with Crippen LogP contribution < -0.4 is 10.6 Å². The van der Waals surface area contributed by atoms with E-state index in [2.05, 4.69) is 10.6 Å². The molecule has 0 bridgehead atoms. The van der Waals surface area contributed by atoms with E-state index in [0.717, 1.165) is 25.7 Å². The van der Waals surface area contributed by atoms with Crippen LogP contribution in [0.15, 0.2) is 0 Å². The van der Waals surface area contributed by atoms with E-state index in [1.807, 2.05) is 11.8 Å². The van der Waals surface area contributed by atoms with Crippen molar-refractivity contribution in [3.63, 3.8) is 0 Å². The van der Waals surface area contributed by atoms with E-state index >= 15 is 0 Å². The molecule has 2 rings (SSSR count). The van der Waals surface area contributed by atoms with Gasteiger partial charge in [-0.25, -0.2) is 4.79 Å². The summed E-state index contributed by atoms with van der Waals surface area (Å²) in [6.07, 6.45) is 4.37. The molecule has 7 nitrogen and oxygen atoms in total. The van der Waals surface area contributed by atoms with Crippen molar-refractivity contribution in [2.24, 2.45) is 5.92 Å². The zero-order valence-corrected chi connectivity index (χ0v) is 13.1. The third-order valence-electron chi connectivity index (χ3n) is 4.88. The van der Waals surface area contributed by atoms with Gasteiger partial charge in [0.25, 0.3) is 0 Å². The van der Waals surface area contributed by atoms with Gasteiger partial charge in [-0.05, 0) is 38.1 Å². The molecule has 2 saturated carbocycles. The average molecular weight is 313 g/mol. The van der Waals surface area contributed by atoms with Crippen LogP contribution in [0.25, 0.3) is 0 Å². The molecule has 126 valence electrons. The van der Waals surface area contributed by atoms with Crippen molar-refractivity contribution in [3.05, 3.63) is 0 Å². The van der Waals surface area contributed by atoms with Crippen LogP contribution in [-0.2, 0) is 4.79 Å². The van der Waals surface area contributed by atoms with E-state index in [1.165, 1.54) is 6.42 Å². The van der Waals surface area contributed by atoms with Gasteiger partial charge in [-0.3, -0.25) is 9.69 Å². The van der Waals surface area contributed by atoms with Crippen LogP contribution in [0.4, 0.5) is 4.79 Å². The number of carboxylic acids is 1. The molecule has 1 atom stereocenters. The van der Waals surface area contributed by atoms with E-state index in [1.54, 1.807) is 0 Å². The van der Waals surface area contributed by atoms with E-state index in [9.17, 15) is 14.7 Å². The van der Waals surface area contributed by atoms with Crippen LogP contribution in [0, 0.1) is 5.92 Å². The van der Waals surface area contributed by atoms with Gasteiger partial charge < -0.3 is 20.8 Å². The van der Waals surface area contributed by atoms with E-state index in [0.29, 0.717) is 19.0 Å². The molecular weight excluding hydrogens is 286 g/mol. The summed E-state index contributed by atoms with van der Waals surface area (Å²) in [6, 6.07) is 0.0729. The molecule has 0 spiro atoms. The highest BCUT2D eigenvalue weighted by Crippen LogP contribution is 2.29. The number of hydrogen-bond acceptors (Lipinski definition) is 4. The third kappa shape index (κ3) is 4.58. The minimum atomic E-state index is -0.819. The summed E-state index contributed by atoms with van der Waals surface area (Å²) in [5.41, 5.74) is 0. The largest absolute Gasteiger partial charge is 0.480 e. The molecule has 0 aromatic rings. The molecular formula is C15H27N3O4. The molecule has 2 fully saturated rings. The number of carboxylic acid groups (broad SMARTS) is 1. The Morgan fingerprint density at radius 1 is 1.32 bits per heavy atom. The molecule has 0 aromatic heterocycles. The monoisotopic (exact) mass is 313 g/mol. The lowest BCUT2D eigenvalue weighted by Gasteiger charge is -2.42. The first-order chi connectivity index (χ1) is 10.5. The summed E-state index contributed by atoms with van der Waals surface area (Å²) in [6.45, 7) is 2.99. The van der Waals surface area contributed by atoms with Crippen LogP contribution in [0.2, 0.25) is 0 Å². The number of amides is 2. The van der Waals surface area contributed by atoms with Gasteiger partial charge in [0.2, 0.25) is 0 Å². The Bertz CT molecular complexity index is 394. The Balaban J connectivity index is 1.60. The molecule has 4 N–H and O–H groups in total. The molecule has 2 amide bonds. The number of hydrogen-bond donors (Lipinski definition) is 4. The molecule has 0 saturated heterocycles. The first-order valence-corrected chi connectivity index (χ1v) is 8.17. The standard InChI is InChI=1S/C15H27N3O4/c1-2-18(9-14(20)21)12-6-11(7-12)17-15(22)16-8-13(19)10-4-3-5-10/h10-13,19H,2-9H2,1H3,(H,20,21)(H2,16,17,22). The van der Waals surface area contributed by atoms with Crippen molar-refractivity contribution in [2.75, 3.05) is 19.6 Å². The number of urea groups is 1. The van der Waals surface area contributed by atoms with Gasteiger partial charge in [-0.2, -0.15) is 0 Å². The second-order valence-electron chi connectivity index (χ2n) is 6.39. The smallest absolute Gasteiger partial charge is 0.317 e. The first kappa shape index (κ1) is 17.0. The van der Waals surface area contributed by atoms with Gasteiger partial charge in [-0.1, -0.05) is 13.3 Å². The van der Waals surface area contributed by atoms with Crippen LogP contribution in [0.3, 0.4) is 0 Å². The van der Waals surface area contributed by atoms with Gasteiger partial charge >= 0.3 is 12.0 Å². The molecule has 1 unspecified atom stereocenters. The summed E-state index contributed by atoms with van der Waals surface area (Å²) in [5.74, 6) is -0.483. The summed E-state index contributed by atoms with van der Waals surface area (Å²) >= 11 is 0. The number of aliphatic carboxylic acids is 1. The predicted octanol–water partition coefficient (Wildman–Crippen LogP) is 0.384. The Kier molecular flexibility index (Phi) is 6.02. The maximum absolute atomic E-state index is 11.8. The van der Waals surface area contributed by atoms with Gasteiger partial charge in [0.15, 0.2) is 0 Å². The maximum Gasteiger partial charge on any atom is 0.317 e. The third-order valence-corrected chi connectivity index (χ3v) is 4.88. The van der Waals surface area contributed by atoms with Crippen molar-refractivity contribution < 1.29 is 19.8 Å². The fraction of sp³-hybridized carbons (Fsp3) is 0.867. The molecule has 2 aliphatic carbocycles. The maximum atomic E-state index is 11.8. The fourth-order valence-electron chi connectivity index (χ4n) is 3.10. The average Bonchev–Trinajstić information content (AvgIpc) is 2.35. The molecule has 7 heteroatoms. The zero-order valence-electron chi connectivity index (χ0n) is 13.1. The van der Waals surface area contributed by atoms with Crippen molar-refractivity contribution in [1.29, 1.82) is 0 Å². The number of carbonyl (C=O) groups excluding carboxylic acids is 1. The normalized spacial score (nSPS) is 26.0. The van der Waals surface area contributed by atoms with Crippen molar-refractivity contribution in [3.8, 4) is 0 Å². The predicted molar refractivity (Wildman–Crippen MR) is 81.6 cm³/mol. The zero-order chi connectivity index (χ0) is 16.1. The number of rotatable bonds is 8. The highest BCUT2D eigenvalue weighted by atomic mass is 16.4. The highest BCUT2D eigenvalue weighted by Gasteiger charge is 2.34. The minimum Gasteiger partial charge on any atom is -0.480 e. The van der Waals surface area contributed by atoms with Gasteiger partial charge in [-0.15, -0.1) is 0 Å². The van der Waals surface area contributed by atoms with E-state index < -0.39 is 12.1 Å². The summed E-state index contributed by atoms with van der Waals surface area (Å²) in [4.78, 5) is 24.4. The summed E-state index contributed by atoms with van der Waals surface area (Å²) in [7, 11) is 0. The van der Waals surface area contributed by atoms with Crippen LogP contribution in [0.1, 0.15) is 39.0 Å². The van der Waals surface area contributed by atoms with Gasteiger partial charge in [0.1, 0.15) is 0 Å². The lowest BCUT2D eigenvalue weighted by Crippen LogP contribution is -2.56. The van der Waals surface area contributed by atoms with Crippen LogP contribution in [-0.4, -0.2) is 64.9 Å². The Morgan fingerprint density at radius 3 is 2.50 bits per heavy atom. The van der Waals surface area contributed by atoms with Crippen LogP contribution in [0.5, 0.6) is 0 Å². The number of aliphatic hydroxyl groups excluding tert-OH is 1. The van der Waals surface area contributed by atoms with Crippen LogP contribution >= 0.6 is 0 Å². The summed E-state index contributed by atoms with van der Waals surface area (Å²) in [5, 5.41) is 24.3. The quantitative estimate of drug-likeness (QED) is 0.519. The second kappa shape index (κ2) is 7.78. The van der Waals surface area contributed by atoms with Crippen molar-refractivity contribution in [2.45, 2.75) is 57.2 Å². The molecule has 0 heterocycles. The number of nitrogens with one attached hydrogen (secondary N) is 2. The molecule has 22 heavy (non-hydrogen) atoms. The van der Waals surface area contributed by atoms with E-state index in [4.69, 9.17) is 5.11 Å². The van der Waals surface area contributed by atoms with Gasteiger partial charge in [0.05, 0.1) is 12.6 Å². The first-order valence-electron chi connectivity index (χ1n) is 8.17. The number of carbonyl (C=O) groups is 2. The SMILES string of the molecule is CCN(CC(=O)O)C1CC(NC(=O)NCC(O)C2CCC2)C1. The lowest BCUT2D eigenvalue weighted by atomic mass is 9.81. The van der Waals surface area contributed by atoms with E-state index in [-0.39, 0.29) is 24.7 Å². The molecule has 0 aromatic carbocycles. The summed E-state index contributed by atoms with van der Waals surface area (Å²) < 4.78 is 0. The second-order valence-corrected chi connectivity index (χ2v) is 6.39. The Hall–Kier alpha value is -1.34. The minimum absolute atomic E-state index is 0.0493. The lowest BCUT2D eigenvalue weighted by molar-refractivity contribution is -0.139. The van der Waals surface area contributed by atoms with Crippen molar-refractivity contribution >= 4 is 12.0 Å². The highest BCUT2D eigenvalue weighted by molar-refractivity contribution is 5.74. The number of likely N-dealkylation sites (N-methyl/N-ethyl adjacent to an activating group) is 1. The van der Waals surface area contributed by atoms with Crippen molar-refractivity contribution in [1.82, 2.24) is 15.5 Å². The molecule has 0 aliphatic heterocycles. The molecule has 2 aliphatic rings. The molecule has 0 radical (unpaired) electrons. The number of aliphatic hydroxyl groups is 1.